The van der Waals surface area contributed by atoms with E-state index in [4.69, 9.17) is 48.5 Å². The molecular weight excluding hydrogens is 1530 g/mol. The number of carbonyl (C=O) groups is 14. The van der Waals surface area contributed by atoms with E-state index in [1.165, 1.54) is 13.8 Å². The molecule has 31 heteroatoms. The first kappa shape index (κ1) is 111. The van der Waals surface area contributed by atoms with Crippen molar-refractivity contribution in [3.05, 3.63) is 0 Å². The smallest absolute Gasteiger partial charge is 0.338 e. The summed E-state index contributed by atoms with van der Waals surface area (Å²) in [6, 6.07) is 0. The fourth-order valence-corrected chi connectivity index (χ4v) is 12.4. The van der Waals surface area contributed by atoms with Gasteiger partial charge >= 0.3 is 17.9 Å². The van der Waals surface area contributed by atoms with Gasteiger partial charge in [0.05, 0.1) is 30.8 Å². The molecule has 31 nitrogen and oxygen atoms in total. The van der Waals surface area contributed by atoms with Crippen molar-refractivity contribution in [1.29, 1.82) is 0 Å². The third-order valence-electron chi connectivity index (χ3n) is 19.1. The van der Waals surface area contributed by atoms with Crippen LogP contribution in [0.1, 0.15) is 262 Å². The molecule has 10 N–H and O–H groups in total. The molecule has 0 aliphatic carbocycles. The van der Waals surface area contributed by atoms with Gasteiger partial charge in [0, 0.05) is 108 Å². The lowest BCUT2D eigenvalue weighted by Crippen LogP contribution is -2.36. The first-order valence-electron chi connectivity index (χ1n) is 42.6. The lowest BCUT2D eigenvalue weighted by molar-refractivity contribution is -0.157. The molecule has 0 aromatic heterocycles. The minimum atomic E-state index is -0.856. The fourth-order valence-electron chi connectivity index (χ4n) is 12.4. The predicted octanol–water partition coefficient (Wildman–Crippen LogP) is 7.14. The molecule has 5 amide bonds. The summed E-state index contributed by atoms with van der Waals surface area (Å²) in [6.45, 7) is 47.0. The van der Waals surface area contributed by atoms with Gasteiger partial charge in [0.25, 0.3) is 0 Å². The molecule has 4 unspecified atom stereocenters. The number of hydrogen-bond acceptors (Lipinski definition) is 26. The van der Waals surface area contributed by atoms with Crippen LogP contribution < -0.4 is 26.6 Å². The molecule has 0 radical (unpaired) electrons. The van der Waals surface area contributed by atoms with E-state index in [9.17, 15) is 77.3 Å². The highest BCUT2D eigenvalue weighted by atomic mass is 16.7. The average Bonchev–Trinajstić information content (AvgIpc) is 1.67. The molecule has 0 bridgehead atoms. The molecule has 682 valence electrons. The quantitative estimate of drug-likeness (QED) is 0.0164. The Bertz CT molecular complexity index is 3120. The molecule has 0 aromatic carbocycles. The molecule has 4 heterocycles. The van der Waals surface area contributed by atoms with Crippen LogP contribution in [-0.2, 0) is 100 Å². The number of aliphatic hydroxyl groups excluding tert-OH is 3. The van der Waals surface area contributed by atoms with E-state index < -0.39 is 101 Å². The number of epoxide rings is 4. The normalized spacial score (nSPS) is 20.4. The highest BCUT2D eigenvalue weighted by Crippen LogP contribution is 2.33. The maximum atomic E-state index is 12.4. The number of Topliss-reactive ketones (excluding diaryl/α,β-unsaturated/α-hetero) is 6. The van der Waals surface area contributed by atoms with E-state index >= 15 is 0 Å². The molecule has 118 heavy (non-hydrogen) atoms. The summed E-state index contributed by atoms with van der Waals surface area (Å²) in [5.74, 6) is -3.62. The maximum absolute atomic E-state index is 12.4. The molecule has 4 aliphatic rings. The zero-order valence-corrected chi connectivity index (χ0v) is 75.6. The second-order valence-corrected chi connectivity index (χ2v) is 36.5. The summed E-state index contributed by atoms with van der Waals surface area (Å²) >= 11 is 0. The van der Waals surface area contributed by atoms with Crippen LogP contribution in [-0.4, -0.2) is 239 Å². The van der Waals surface area contributed by atoms with Crippen molar-refractivity contribution >= 4 is 82.1 Å². The summed E-state index contributed by atoms with van der Waals surface area (Å²) in [5, 5.41) is 60.5. The third-order valence-corrected chi connectivity index (χ3v) is 19.1. The van der Waals surface area contributed by atoms with Gasteiger partial charge in [-0.1, -0.05) is 90.0 Å². The SMILES string of the molecule is CC(=O)[C@H]1O[C@@H]1C(=O)C[C@@H](CC(C)C)C(=O)NCCC(C)(C)O.CC(=O)[C@H]1O[C@@H]1C(=O)C[C@@H](CC(C)C)C(=O)NCCC(C)CO.CC(C)C[C@H](CC(=O)OC(C)(C)C)C(=O)NCCC(C)CO.CCOC(=O)[C@H]1OC1C(=O)C[C@@H](CC(C)C)C(=O)NCCC(C)(C)O.CCOC(=O)[C@H]1O[C@@H]1C(=O)C[C@@H](CC(C)C)C(=O)NCCC(C)CO. The summed E-state index contributed by atoms with van der Waals surface area (Å²) in [4.78, 5) is 168. The van der Waals surface area contributed by atoms with Crippen molar-refractivity contribution in [2.45, 2.75) is 328 Å². The van der Waals surface area contributed by atoms with E-state index in [0.717, 1.165) is 6.42 Å². The van der Waals surface area contributed by atoms with Crippen LogP contribution in [0.3, 0.4) is 0 Å². The first-order valence-corrected chi connectivity index (χ1v) is 42.6. The number of amides is 5. The Balaban J connectivity index is 0.00000145. The Morgan fingerprint density at radius 2 is 0.559 bits per heavy atom. The molecule has 4 rings (SSSR count). The number of hydrogen-bond donors (Lipinski definition) is 10. The lowest BCUT2D eigenvalue weighted by atomic mass is 9.90. The molecule has 4 saturated heterocycles. The van der Waals surface area contributed by atoms with E-state index in [1.54, 1.807) is 41.5 Å². The average molecular weight is 1690 g/mol. The van der Waals surface area contributed by atoms with Crippen LogP contribution in [0, 0.1) is 76.9 Å². The van der Waals surface area contributed by atoms with Gasteiger partial charge in [0.2, 0.25) is 29.5 Å². The van der Waals surface area contributed by atoms with E-state index in [-0.39, 0.29) is 177 Å². The highest BCUT2D eigenvalue weighted by Gasteiger charge is 2.54. The zero-order valence-electron chi connectivity index (χ0n) is 75.6. The molecule has 0 aromatic rings. The predicted molar refractivity (Wildman–Crippen MR) is 442 cm³/mol. The Kier molecular flexibility index (Phi) is 53.0. The molecule has 16 atom stereocenters. The van der Waals surface area contributed by atoms with Gasteiger partial charge in [-0.15, -0.1) is 0 Å². The maximum Gasteiger partial charge on any atom is 0.338 e. The van der Waals surface area contributed by atoms with Crippen molar-refractivity contribution in [2.75, 3.05) is 65.8 Å². The van der Waals surface area contributed by atoms with Crippen molar-refractivity contribution in [3.8, 4) is 0 Å². The van der Waals surface area contributed by atoms with Crippen molar-refractivity contribution < 1.29 is 126 Å². The van der Waals surface area contributed by atoms with Crippen molar-refractivity contribution in [1.82, 2.24) is 26.6 Å². The van der Waals surface area contributed by atoms with Gasteiger partial charge in [0.1, 0.15) is 30.0 Å². The highest BCUT2D eigenvalue weighted by molar-refractivity contribution is 6.00. The van der Waals surface area contributed by atoms with E-state index in [0.29, 0.717) is 102 Å². The topological polar surface area (TPSA) is 478 Å². The van der Waals surface area contributed by atoms with Crippen LogP contribution in [0.5, 0.6) is 0 Å². The van der Waals surface area contributed by atoms with Crippen LogP contribution in [0.15, 0.2) is 0 Å². The fraction of sp³-hybridized carbons (Fsp3) is 0.839. The van der Waals surface area contributed by atoms with Gasteiger partial charge in [-0.05, 0) is 188 Å². The lowest BCUT2D eigenvalue weighted by Gasteiger charge is -2.23. The largest absolute Gasteiger partial charge is 0.464 e. The number of nitrogens with one attached hydrogen (secondary N) is 5. The molecule has 0 saturated carbocycles. The summed E-state index contributed by atoms with van der Waals surface area (Å²) in [6.07, 6.45) is 0.582. The Morgan fingerprint density at radius 1 is 0.339 bits per heavy atom. The number of aliphatic hydroxyl groups is 5. The minimum Gasteiger partial charge on any atom is -0.464 e. The number of ether oxygens (including phenoxy) is 7. The number of esters is 3. The second-order valence-electron chi connectivity index (χ2n) is 36.5. The van der Waals surface area contributed by atoms with Gasteiger partial charge in [-0.2, -0.15) is 0 Å². The Labute approximate surface area is 702 Å². The van der Waals surface area contributed by atoms with Crippen LogP contribution in [0.25, 0.3) is 0 Å². The second kappa shape index (κ2) is 56.2. The number of ketones is 6. The minimum absolute atomic E-state index is 0.0348. The molecule has 0 spiro atoms. The summed E-state index contributed by atoms with van der Waals surface area (Å²) in [5.41, 5.74) is -2.23. The van der Waals surface area contributed by atoms with Gasteiger partial charge in [-0.25, -0.2) is 9.59 Å². The van der Waals surface area contributed by atoms with Crippen LogP contribution in [0.2, 0.25) is 0 Å². The van der Waals surface area contributed by atoms with E-state index in [2.05, 4.69) is 26.6 Å². The Morgan fingerprint density at radius 3 is 0.754 bits per heavy atom. The van der Waals surface area contributed by atoms with Crippen molar-refractivity contribution in [2.24, 2.45) is 76.9 Å². The van der Waals surface area contributed by atoms with Gasteiger partial charge < -0.3 is 85.3 Å². The van der Waals surface area contributed by atoms with Crippen LogP contribution in [0.4, 0.5) is 0 Å². The standard InChI is InChI=1S/2C18H31NO6.2C17H29NO5.C17H33NO4/c1-6-24-17(22)15-14(25-15)13(20)10-12(9-11(2)3)16(21)19-8-7-18(4,5)23;1-5-24-18(23)16-15(25-16)14(21)9-13(8-11(2)3)17(22)19-7-6-12(4)10-20;1-10(2)8-12(16(21)18-7-6-17(4,5)22)9-13(20)15-14(23-15)11(3)19;1-10(2)7-13(17(22)18-6-5-11(3)9-19)8-14(21)16-15(23-16)12(4)20;1-12(2)9-14(10-15(20)22-17(4,5)6)16(21)18-8-7-13(3)11-19/h11-12,14-15,23H,6-10H2,1-5H3,(H,19,21);11-13,15-16,20H,5-10H2,1-4H3,(H,19,22);10,12,14-15,22H,6-9H2,1-5H3,(H,18,21);10-11,13,15-16,19H,5-9H2,1-4H3,(H,18,22);12-14,19H,7-11H2,1-6H3,(H,18,21)/t12-,14?,15+;12?,13-,15-,16+;12-,14-,15-;11?,13-,15-,16-;13?,14-/m11111/s1. The molecule has 4 fully saturated rings. The number of rotatable bonds is 53. The van der Waals surface area contributed by atoms with Gasteiger partial charge in [-0.3, -0.25) is 57.5 Å². The number of carbonyl (C=O) groups excluding carboxylic acids is 14. The molecule has 4 aliphatic heterocycles. The zero-order chi connectivity index (χ0) is 90.9. The Hall–Kier alpha value is -6.58. The molecular formula is C87H153N5O26. The summed E-state index contributed by atoms with van der Waals surface area (Å²) < 4.78 is 35.4. The monoisotopic (exact) mass is 1680 g/mol. The van der Waals surface area contributed by atoms with Crippen molar-refractivity contribution in [3.63, 3.8) is 0 Å². The van der Waals surface area contributed by atoms with Crippen LogP contribution >= 0.6 is 0 Å². The third kappa shape index (κ3) is 51.3. The summed E-state index contributed by atoms with van der Waals surface area (Å²) in [7, 11) is 0. The van der Waals surface area contributed by atoms with Gasteiger partial charge in [0.15, 0.2) is 59.1 Å². The first-order chi connectivity index (χ1) is 54.7. The van der Waals surface area contributed by atoms with E-state index in [1.807, 2.05) is 111 Å².